The second-order valence-corrected chi connectivity index (χ2v) is 14.7. The zero-order valence-electron chi connectivity index (χ0n) is 33.1. The highest BCUT2D eigenvalue weighted by molar-refractivity contribution is 5.98. The number of carbonyl (C=O) groups is 9. The van der Waals surface area contributed by atoms with Crippen molar-refractivity contribution in [3.8, 4) is 11.5 Å². The van der Waals surface area contributed by atoms with E-state index in [-0.39, 0.29) is 43.7 Å². The molecule has 60 heavy (non-hydrogen) atoms. The average molecular weight is 842 g/mol. The Hall–Kier alpha value is -6.77. The van der Waals surface area contributed by atoms with Crippen molar-refractivity contribution in [3.05, 3.63) is 59.7 Å². The molecule has 12 N–H and O–H groups in total. The first-order chi connectivity index (χ1) is 28.2. The van der Waals surface area contributed by atoms with Gasteiger partial charge in [-0.05, 0) is 67.5 Å². The van der Waals surface area contributed by atoms with Crippen LogP contribution in [0.1, 0.15) is 57.6 Å². The molecule has 2 aromatic carbocycles. The number of carbonyl (C=O) groups excluding carboxylic acids is 6. The molecule has 21 heteroatoms. The number of hydrogen-bond donors (Lipinski definition) is 11. The molecule has 21 nitrogen and oxygen atoms in total. The fraction of sp³-hybridized carbons (Fsp3) is 0.462. The van der Waals surface area contributed by atoms with E-state index < -0.39 is 114 Å². The summed E-state index contributed by atoms with van der Waals surface area (Å²) in [5.74, 6) is -10.7. The standard InChI is InChI=1S/C39H51N7O14/c1-19(2)32(45-36(56)28(18-31(51)52)42-33(53)25(40)15-21-6-10-23(47)11-7-21)38(58)46-14-4-5-29(46)37(57)44-27(17-30(49)50)35(55)43-26(34(54)41-20(3)39(59)60)16-22-8-12-24(48)13-9-22/h6-13,19-20,25-29,32,47-48H,4-5,14-18,40H2,1-3H3,(H,41,54)(H,42,53)(H,43,55)(H,44,57)(H,45,56)(H,49,50)(H,51,52)(H,59,60)/t20-,25-,26-,27-,28-,29-,32-/m0/s1. The number of nitrogens with one attached hydrogen (secondary N) is 5. The zero-order chi connectivity index (χ0) is 44.8. The minimum atomic E-state index is -1.79. The predicted molar refractivity (Wildman–Crippen MR) is 209 cm³/mol. The molecule has 0 saturated carbocycles. The first-order valence-electron chi connectivity index (χ1n) is 19.0. The second-order valence-electron chi connectivity index (χ2n) is 14.7. The molecule has 0 spiro atoms. The van der Waals surface area contributed by atoms with Gasteiger partial charge in [0.25, 0.3) is 0 Å². The Labute approximate surface area is 344 Å². The highest BCUT2D eigenvalue weighted by Crippen LogP contribution is 2.21. The van der Waals surface area contributed by atoms with Gasteiger partial charge in [0.15, 0.2) is 0 Å². The van der Waals surface area contributed by atoms with Crippen LogP contribution in [0.25, 0.3) is 0 Å². The molecule has 1 fully saturated rings. The number of aromatic hydroxyl groups is 2. The van der Waals surface area contributed by atoms with E-state index in [1.54, 1.807) is 13.8 Å². The van der Waals surface area contributed by atoms with Gasteiger partial charge in [-0.2, -0.15) is 0 Å². The Kier molecular flexibility index (Phi) is 17.3. The van der Waals surface area contributed by atoms with Crippen LogP contribution in [0.15, 0.2) is 48.5 Å². The van der Waals surface area contributed by atoms with Crippen LogP contribution < -0.4 is 32.3 Å². The molecule has 0 unspecified atom stereocenters. The Bertz CT molecular complexity index is 1910. The number of nitrogens with zero attached hydrogens (tertiary/aromatic N) is 1. The Morgan fingerprint density at radius 1 is 0.650 bits per heavy atom. The molecule has 1 heterocycles. The number of carboxylic acid groups (broad SMARTS) is 3. The predicted octanol–water partition coefficient (Wildman–Crippen LogP) is -1.66. The minimum absolute atomic E-state index is 0.00382. The summed E-state index contributed by atoms with van der Waals surface area (Å²) in [6, 6.07) is 1.19. The lowest BCUT2D eigenvalue weighted by molar-refractivity contribution is -0.145. The maximum atomic E-state index is 14.0. The smallest absolute Gasteiger partial charge is 0.325 e. The van der Waals surface area contributed by atoms with Crippen LogP contribution in [0.3, 0.4) is 0 Å². The molecule has 0 radical (unpaired) electrons. The lowest BCUT2D eigenvalue weighted by Crippen LogP contribution is -2.60. The third-order valence-electron chi connectivity index (χ3n) is 9.56. The van der Waals surface area contributed by atoms with Gasteiger partial charge in [-0.15, -0.1) is 0 Å². The number of likely N-dealkylation sites (tertiary alicyclic amines) is 1. The number of rotatable bonds is 21. The number of benzene rings is 2. The van der Waals surface area contributed by atoms with Gasteiger partial charge >= 0.3 is 17.9 Å². The number of aliphatic carboxylic acids is 3. The summed E-state index contributed by atoms with van der Waals surface area (Å²) in [5.41, 5.74) is 7.01. The molecule has 0 aliphatic carbocycles. The number of amides is 6. The van der Waals surface area contributed by atoms with Gasteiger partial charge in [0.2, 0.25) is 35.4 Å². The molecule has 1 aliphatic rings. The Morgan fingerprint density at radius 2 is 1.12 bits per heavy atom. The highest BCUT2D eigenvalue weighted by Gasteiger charge is 2.41. The SMILES string of the molecule is CC(C)[C@H](NC(=O)[C@H](CC(=O)O)NC(=O)[C@@H](N)Cc1ccc(O)cc1)C(=O)N1CCC[C@H]1C(=O)N[C@@H](CC(=O)O)C(=O)N[C@@H](Cc1ccc(O)cc1)C(=O)N[C@@H](C)C(=O)O. The van der Waals surface area contributed by atoms with Crippen molar-refractivity contribution in [3.63, 3.8) is 0 Å². The van der Waals surface area contributed by atoms with Crippen LogP contribution in [0.4, 0.5) is 0 Å². The molecule has 0 aromatic heterocycles. The van der Waals surface area contributed by atoms with Gasteiger partial charge in [-0.25, -0.2) is 0 Å². The van der Waals surface area contributed by atoms with Gasteiger partial charge in [-0.1, -0.05) is 38.1 Å². The largest absolute Gasteiger partial charge is 0.508 e. The number of phenolic OH excluding ortho intramolecular Hbond substituents is 2. The van der Waals surface area contributed by atoms with E-state index in [0.29, 0.717) is 11.1 Å². The second kappa shape index (κ2) is 21.8. The van der Waals surface area contributed by atoms with Crippen molar-refractivity contribution in [1.82, 2.24) is 31.5 Å². The number of phenols is 2. The summed E-state index contributed by atoms with van der Waals surface area (Å²) < 4.78 is 0. The molecule has 2 aromatic rings. The summed E-state index contributed by atoms with van der Waals surface area (Å²) in [6.45, 7) is 4.33. The molecule has 1 saturated heterocycles. The number of nitrogens with two attached hydrogens (primary N) is 1. The van der Waals surface area contributed by atoms with Crippen LogP contribution >= 0.6 is 0 Å². The van der Waals surface area contributed by atoms with Gasteiger partial charge in [0.05, 0.1) is 18.9 Å². The molecule has 7 atom stereocenters. The van der Waals surface area contributed by atoms with Crippen molar-refractivity contribution >= 4 is 53.4 Å². The highest BCUT2D eigenvalue weighted by atomic mass is 16.4. The van der Waals surface area contributed by atoms with Crippen LogP contribution in [-0.4, -0.2) is 133 Å². The van der Waals surface area contributed by atoms with E-state index in [2.05, 4.69) is 26.6 Å². The monoisotopic (exact) mass is 841 g/mol. The van der Waals surface area contributed by atoms with E-state index >= 15 is 0 Å². The number of hydrogen-bond acceptors (Lipinski definition) is 12. The summed E-state index contributed by atoms with van der Waals surface area (Å²) >= 11 is 0. The summed E-state index contributed by atoms with van der Waals surface area (Å²) in [4.78, 5) is 117. The third-order valence-corrected chi connectivity index (χ3v) is 9.56. The molecule has 1 aliphatic heterocycles. The van der Waals surface area contributed by atoms with Gasteiger partial charge in [0.1, 0.15) is 47.8 Å². The fourth-order valence-electron chi connectivity index (χ4n) is 6.27. The fourth-order valence-corrected chi connectivity index (χ4v) is 6.27. The lowest BCUT2D eigenvalue weighted by Gasteiger charge is -2.32. The maximum absolute atomic E-state index is 14.0. The van der Waals surface area contributed by atoms with E-state index in [4.69, 9.17) is 5.73 Å². The lowest BCUT2D eigenvalue weighted by atomic mass is 10.0. The summed E-state index contributed by atoms with van der Waals surface area (Å²) in [5, 5.41) is 59.3. The van der Waals surface area contributed by atoms with Crippen LogP contribution in [-0.2, 0) is 56.0 Å². The van der Waals surface area contributed by atoms with Crippen LogP contribution in [0.2, 0.25) is 0 Å². The van der Waals surface area contributed by atoms with Crippen molar-refractivity contribution in [2.24, 2.45) is 11.7 Å². The molecule has 3 rings (SSSR count). The normalized spacial score (nSPS) is 16.6. The minimum Gasteiger partial charge on any atom is -0.508 e. The van der Waals surface area contributed by atoms with Gasteiger partial charge in [-0.3, -0.25) is 43.2 Å². The van der Waals surface area contributed by atoms with Crippen molar-refractivity contribution in [1.29, 1.82) is 0 Å². The van der Waals surface area contributed by atoms with E-state index in [9.17, 15) is 68.7 Å². The van der Waals surface area contributed by atoms with Crippen LogP contribution in [0, 0.1) is 5.92 Å². The van der Waals surface area contributed by atoms with Crippen molar-refractivity contribution in [2.75, 3.05) is 6.54 Å². The zero-order valence-corrected chi connectivity index (χ0v) is 33.1. The summed E-state index contributed by atoms with van der Waals surface area (Å²) in [6.07, 6.45) is -1.73. The maximum Gasteiger partial charge on any atom is 0.325 e. The first-order valence-corrected chi connectivity index (χ1v) is 19.0. The summed E-state index contributed by atoms with van der Waals surface area (Å²) in [7, 11) is 0. The van der Waals surface area contributed by atoms with Crippen molar-refractivity contribution < 1.29 is 68.7 Å². The van der Waals surface area contributed by atoms with Crippen LogP contribution in [0.5, 0.6) is 11.5 Å². The molecule has 6 amide bonds. The molecular formula is C39H51N7O14. The van der Waals surface area contributed by atoms with Gasteiger partial charge in [0, 0.05) is 13.0 Å². The average Bonchev–Trinajstić information content (AvgIpc) is 3.67. The molecular weight excluding hydrogens is 790 g/mol. The van der Waals surface area contributed by atoms with Crippen molar-refractivity contribution in [2.45, 2.75) is 102 Å². The molecule has 326 valence electrons. The van der Waals surface area contributed by atoms with E-state index in [1.807, 2.05) is 0 Å². The Balaban J connectivity index is 1.77. The van der Waals surface area contributed by atoms with Gasteiger partial charge < -0.3 is 62.8 Å². The topological polar surface area (TPSA) is 344 Å². The van der Waals surface area contributed by atoms with E-state index in [1.165, 1.54) is 55.5 Å². The number of carboxylic acids is 3. The quantitative estimate of drug-likeness (QED) is 0.0670. The Morgan fingerprint density at radius 3 is 1.62 bits per heavy atom. The first kappa shape index (κ1) is 47.6. The molecule has 0 bridgehead atoms. The van der Waals surface area contributed by atoms with E-state index in [0.717, 1.165) is 4.90 Å². The third kappa shape index (κ3) is 14.3.